The van der Waals surface area contributed by atoms with Gasteiger partial charge in [0.15, 0.2) is 8.32 Å². The summed E-state index contributed by atoms with van der Waals surface area (Å²) in [5.74, 6) is 0. The van der Waals surface area contributed by atoms with E-state index in [2.05, 4.69) is 105 Å². The fourth-order valence-corrected chi connectivity index (χ4v) is 4.06. The normalized spacial score (nSPS) is 12.5. The van der Waals surface area contributed by atoms with Crippen LogP contribution in [0, 0.1) is 6.92 Å². The highest BCUT2D eigenvalue weighted by molar-refractivity contribution is 6.74. The Morgan fingerprint density at radius 2 is 1.78 bits per heavy atom. The van der Waals surface area contributed by atoms with E-state index in [0.29, 0.717) is 0 Å². The van der Waals surface area contributed by atoms with E-state index < -0.39 is 8.32 Å². The average Bonchev–Trinajstić information content (AvgIpc) is 3.01. The second-order valence-corrected chi connectivity index (χ2v) is 13.6. The third-order valence-electron chi connectivity index (χ3n) is 5.77. The maximum atomic E-state index is 6.25. The van der Waals surface area contributed by atoms with Crippen molar-refractivity contribution in [2.45, 2.75) is 45.8 Å². The summed E-state index contributed by atoms with van der Waals surface area (Å²) in [4.78, 5) is 0. The Labute approximate surface area is 164 Å². The summed E-state index contributed by atoms with van der Waals surface area (Å²) in [6.07, 6.45) is 2.15. The van der Waals surface area contributed by atoms with E-state index in [1.165, 1.54) is 22.2 Å². The molecule has 0 unspecified atom stereocenters. The molecule has 3 rings (SSSR count). The fourth-order valence-electron chi connectivity index (χ4n) is 3.01. The first kappa shape index (κ1) is 19.7. The second kappa shape index (κ2) is 7.53. The highest BCUT2D eigenvalue weighted by atomic mass is 28.4. The molecule has 0 aliphatic heterocycles. The second-order valence-electron chi connectivity index (χ2n) is 8.78. The number of para-hydroxylation sites is 1. The van der Waals surface area contributed by atoms with Gasteiger partial charge in [0.25, 0.3) is 0 Å². The lowest BCUT2D eigenvalue weighted by Crippen LogP contribution is -2.41. The quantitative estimate of drug-likeness (QED) is 0.397. The van der Waals surface area contributed by atoms with E-state index in [9.17, 15) is 0 Å². The van der Waals surface area contributed by atoms with Gasteiger partial charge in [0, 0.05) is 29.5 Å². The minimum absolute atomic E-state index is 0.254. The number of fused-ring (bicyclic) bond motifs is 1. The van der Waals surface area contributed by atoms with Crippen molar-refractivity contribution in [2.75, 3.05) is 18.5 Å². The Hall–Kier alpha value is -2.04. The van der Waals surface area contributed by atoms with E-state index in [1.807, 2.05) is 0 Å². The van der Waals surface area contributed by atoms with Crippen LogP contribution in [0.4, 0.5) is 5.69 Å². The molecule has 0 saturated carbocycles. The van der Waals surface area contributed by atoms with Gasteiger partial charge in [-0.3, -0.25) is 0 Å². The van der Waals surface area contributed by atoms with Crippen molar-refractivity contribution in [1.82, 2.24) is 4.57 Å². The van der Waals surface area contributed by atoms with Gasteiger partial charge in [-0.25, -0.2) is 0 Å². The standard InChI is InChI=1S/C23H32N2OSi/c1-18-9-7-8-10-21(18)25-15-13-19-17-20(11-12-22(19)25)24-14-16-26-27(5,6)23(2,3)4/h7-13,15,17,24H,14,16H2,1-6H3. The summed E-state index contributed by atoms with van der Waals surface area (Å²) in [6.45, 7) is 15.2. The average molecular weight is 381 g/mol. The Bertz CT molecular complexity index is 922. The first-order valence-electron chi connectivity index (χ1n) is 9.74. The maximum Gasteiger partial charge on any atom is 0.192 e. The van der Waals surface area contributed by atoms with Gasteiger partial charge in [-0.1, -0.05) is 39.0 Å². The smallest absolute Gasteiger partial charge is 0.192 e. The fraction of sp³-hybridized carbons (Fsp3) is 0.391. The largest absolute Gasteiger partial charge is 0.415 e. The maximum absolute atomic E-state index is 6.25. The molecular weight excluding hydrogens is 348 g/mol. The van der Waals surface area contributed by atoms with Crippen LogP contribution in [0.15, 0.2) is 54.7 Å². The van der Waals surface area contributed by atoms with Gasteiger partial charge in [-0.2, -0.15) is 0 Å². The monoisotopic (exact) mass is 380 g/mol. The number of aryl methyl sites for hydroxylation is 1. The molecule has 0 aliphatic carbocycles. The molecule has 3 nitrogen and oxygen atoms in total. The highest BCUT2D eigenvalue weighted by Crippen LogP contribution is 2.36. The highest BCUT2D eigenvalue weighted by Gasteiger charge is 2.36. The summed E-state index contributed by atoms with van der Waals surface area (Å²) in [7, 11) is -1.67. The van der Waals surface area contributed by atoms with E-state index in [0.717, 1.165) is 18.8 Å². The third-order valence-corrected chi connectivity index (χ3v) is 10.3. The minimum atomic E-state index is -1.67. The van der Waals surface area contributed by atoms with Gasteiger partial charge >= 0.3 is 0 Å². The number of benzene rings is 2. The number of aromatic nitrogens is 1. The molecule has 0 aliphatic rings. The third kappa shape index (κ3) is 4.28. The molecule has 0 radical (unpaired) electrons. The molecule has 4 heteroatoms. The summed E-state index contributed by atoms with van der Waals surface area (Å²) < 4.78 is 8.51. The van der Waals surface area contributed by atoms with Crippen molar-refractivity contribution in [3.63, 3.8) is 0 Å². The van der Waals surface area contributed by atoms with Crippen molar-refractivity contribution >= 4 is 24.9 Å². The van der Waals surface area contributed by atoms with Crippen LogP contribution in [0.2, 0.25) is 18.1 Å². The number of anilines is 1. The number of rotatable bonds is 6. The summed E-state index contributed by atoms with van der Waals surface area (Å²) in [5.41, 5.74) is 4.88. The van der Waals surface area contributed by atoms with Gasteiger partial charge in [0.1, 0.15) is 0 Å². The molecule has 0 atom stereocenters. The summed E-state index contributed by atoms with van der Waals surface area (Å²) >= 11 is 0. The van der Waals surface area contributed by atoms with Crippen molar-refractivity contribution in [1.29, 1.82) is 0 Å². The Morgan fingerprint density at radius 1 is 1.04 bits per heavy atom. The van der Waals surface area contributed by atoms with Crippen LogP contribution in [-0.4, -0.2) is 26.0 Å². The minimum Gasteiger partial charge on any atom is -0.415 e. The van der Waals surface area contributed by atoms with E-state index in [-0.39, 0.29) is 5.04 Å². The molecule has 0 fully saturated rings. The van der Waals surface area contributed by atoms with Crippen LogP contribution in [0.25, 0.3) is 16.6 Å². The van der Waals surface area contributed by atoms with Gasteiger partial charge in [0.05, 0.1) is 12.1 Å². The molecule has 0 saturated heterocycles. The van der Waals surface area contributed by atoms with Crippen LogP contribution < -0.4 is 5.32 Å². The van der Waals surface area contributed by atoms with Gasteiger partial charge < -0.3 is 14.3 Å². The van der Waals surface area contributed by atoms with Crippen molar-refractivity contribution < 1.29 is 4.43 Å². The van der Waals surface area contributed by atoms with Crippen LogP contribution in [0.5, 0.6) is 0 Å². The van der Waals surface area contributed by atoms with Crippen LogP contribution in [-0.2, 0) is 4.43 Å². The zero-order valence-corrected chi connectivity index (χ0v) is 18.5. The first-order chi connectivity index (χ1) is 12.7. The van der Waals surface area contributed by atoms with Crippen molar-refractivity contribution in [2.24, 2.45) is 0 Å². The molecule has 0 bridgehead atoms. The molecule has 0 amide bonds. The number of hydrogen-bond acceptors (Lipinski definition) is 2. The molecule has 2 aromatic carbocycles. The van der Waals surface area contributed by atoms with E-state index in [1.54, 1.807) is 0 Å². The zero-order chi connectivity index (χ0) is 19.7. The SMILES string of the molecule is Cc1ccccc1-n1ccc2cc(NCCO[Si](C)(C)C(C)(C)C)ccc21. The lowest BCUT2D eigenvalue weighted by Gasteiger charge is -2.36. The van der Waals surface area contributed by atoms with E-state index in [4.69, 9.17) is 4.43 Å². The topological polar surface area (TPSA) is 26.2 Å². The van der Waals surface area contributed by atoms with Crippen LogP contribution >= 0.6 is 0 Å². The molecule has 1 N–H and O–H groups in total. The number of nitrogens with one attached hydrogen (secondary N) is 1. The van der Waals surface area contributed by atoms with Crippen molar-refractivity contribution in [3.8, 4) is 5.69 Å². The number of hydrogen-bond donors (Lipinski definition) is 1. The lowest BCUT2D eigenvalue weighted by molar-refractivity contribution is 0.301. The van der Waals surface area contributed by atoms with Gasteiger partial charge in [0.2, 0.25) is 0 Å². The van der Waals surface area contributed by atoms with Crippen LogP contribution in [0.3, 0.4) is 0 Å². The molecular formula is C23H32N2OSi. The summed E-state index contributed by atoms with van der Waals surface area (Å²) in [5, 5.41) is 5.01. The first-order valence-corrected chi connectivity index (χ1v) is 12.6. The number of nitrogens with zero attached hydrogens (tertiary/aromatic N) is 1. The Morgan fingerprint density at radius 3 is 2.48 bits per heavy atom. The molecule has 27 heavy (non-hydrogen) atoms. The molecule has 3 aromatic rings. The van der Waals surface area contributed by atoms with E-state index >= 15 is 0 Å². The summed E-state index contributed by atoms with van der Waals surface area (Å²) in [6, 6.07) is 17.2. The van der Waals surface area contributed by atoms with Crippen molar-refractivity contribution in [3.05, 3.63) is 60.3 Å². The predicted molar refractivity (Wildman–Crippen MR) is 120 cm³/mol. The molecule has 144 valence electrons. The molecule has 1 aromatic heterocycles. The van der Waals surface area contributed by atoms with Gasteiger partial charge in [-0.15, -0.1) is 0 Å². The zero-order valence-electron chi connectivity index (χ0n) is 17.5. The predicted octanol–water partition coefficient (Wildman–Crippen LogP) is 6.37. The Kier molecular flexibility index (Phi) is 5.49. The van der Waals surface area contributed by atoms with Gasteiger partial charge in [-0.05, 0) is 61.0 Å². The molecule has 1 heterocycles. The molecule has 0 spiro atoms. The van der Waals surface area contributed by atoms with Crippen LogP contribution in [0.1, 0.15) is 26.3 Å². The Balaban J connectivity index is 1.67. The lowest BCUT2D eigenvalue weighted by atomic mass is 10.2.